The maximum absolute atomic E-state index is 12.5. The number of hydrogen-bond acceptors (Lipinski definition) is 3. The van der Waals surface area contributed by atoms with Crippen LogP contribution in [0.4, 0.5) is 0 Å². The van der Waals surface area contributed by atoms with Crippen LogP contribution in [-0.4, -0.2) is 29.2 Å². The molecular formula is C17H21NO4. The number of aliphatic carboxylic acids is 1. The molecular weight excluding hydrogens is 282 g/mol. The largest absolute Gasteiger partial charge is 0.481 e. The molecule has 2 aliphatic rings. The van der Waals surface area contributed by atoms with Crippen molar-refractivity contribution in [2.75, 3.05) is 0 Å². The highest BCUT2D eigenvalue weighted by atomic mass is 16.5. The van der Waals surface area contributed by atoms with Gasteiger partial charge in [0.05, 0.1) is 24.2 Å². The lowest BCUT2D eigenvalue weighted by molar-refractivity contribution is -0.137. The maximum atomic E-state index is 12.5. The van der Waals surface area contributed by atoms with E-state index in [0.717, 1.165) is 24.8 Å². The third kappa shape index (κ3) is 3.30. The van der Waals surface area contributed by atoms with E-state index >= 15 is 0 Å². The molecule has 5 nitrogen and oxygen atoms in total. The number of benzene rings is 1. The smallest absolute Gasteiger partial charge is 0.303 e. The van der Waals surface area contributed by atoms with E-state index < -0.39 is 5.97 Å². The Kier molecular flexibility index (Phi) is 4.43. The Balaban J connectivity index is 1.66. The Morgan fingerprint density at radius 1 is 1.27 bits per heavy atom. The van der Waals surface area contributed by atoms with Crippen molar-refractivity contribution in [2.45, 2.75) is 50.4 Å². The Labute approximate surface area is 129 Å². The molecule has 2 N–H and O–H groups in total. The van der Waals surface area contributed by atoms with Crippen molar-refractivity contribution < 1.29 is 19.4 Å². The molecule has 3 rings (SSSR count). The number of ether oxygens (including phenoxy) is 1. The van der Waals surface area contributed by atoms with Gasteiger partial charge in [-0.1, -0.05) is 30.3 Å². The van der Waals surface area contributed by atoms with E-state index in [0.29, 0.717) is 6.42 Å². The van der Waals surface area contributed by atoms with Gasteiger partial charge in [0.2, 0.25) is 5.91 Å². The fraction of sp³-hybridized carbons (Fsp3) is 0.529. The van der Waals surface area contributed by atoms with Crippen LogP contribution in [-0.2, 0) is 14.3 Å². The van der Waals surface area contributed by atoms with Gasteiger partial charge in [0.15, 0.2) is 0 Å². The minimum atomic E-state index is -0.849. The number of carboxylic acid groups (broad SMARTS) is 1. The average Bonchev–Trinajstić information content (AvgIpc) is 3.15. The summed E-state index contributed by atoms with van der Waals surface area (Å²) >= 11 is 0. The summed E-state index contributed by atoms with van der Waals surface area (Å²) in [5.41, 5.74) is 0.946. The van der Waals surface area contributed by atoms with Gasteiger partial charge in [0.25, 0.3) is 0 Å². The van der Waals surface area contributed by atoms with E-state index in [1.165, 1.54) is 0 Å². The summed E-state index contributed by atoms with van der Waals surface area (Å²) in [5, 5.41) is 11.9. The van der Waals surface area contributed by atoms with Crippen LogP contribution in [0.3, 0.4) is 0 Å². The fourth-order valence-electron chi connectivity index (χ4n) is 3.47. The van der Waals surface area contributed by atoms with E-state index in [2.05, 4.69) is 5.32 Å². The molecule has 2 heterocycles. The first-order valence-electron chi connectivity index (χ1n) is 7.86. The first kappa shape index (κ1) is 15.0. The highest BCUT2D eigenvalue weighted by Crippen LogP contribution is 2.39. The third-order valence-electron chi connectivity index (χ3n) is 4.61. The van der Waals surface area contributed by atoms with Crippen LogP contribution in [0.25, 0.3) is 0 Å². The Bertz CT molecular complexity index is 545. The fourth-order valence-corrected chi connectivity index (χ4v) is 3.47. The van der Waals surface area contributed by atoms with Crippen LogP contribution in [0.15, 0.2) is 30.3 Å². The molecule has 0 aliphatic carbocycles. The second-order valence-electron chi connectivity index (χ2n) is 6.12. The van der Waals surface area contributed by atoms with Crippen LogP contribution >= 0.6 is 0 Å². The molecule has 2 saturated heterocycles. The van der Waals surface area contributed by atoms with Crippen LogP contribution in [0.2, 0.25) is 0 Å². The van der Waals surface area contributed by atoms with Gasteiger partial charge in [0, 0.05) is 6.42 Å². The summed E-state index contributed by atoms with van der Waals surface area (Å²) in [7, 11) is 0. The van der Waals surface area contributed by atoms with Crippen molar-refractivity contribution in [1.82, 2.24) is 5.32 Å². The Hall–Kier alpha value is -1.88. The van der Waals surface area contributed by atoms with Gasteiger partial charge < -0.3 is 15.2 Å². The number of carbonyl (C=O) groups excluding carboxylic acids is 1. The molecule has 2 bridgehead atoms. The van der Waals surface area contributed by atoms with Crippen molar-refractivity contribution in [2.24, 2.45) is 5.92 Å². The standard InChI is InChI=1S/C17H21NO4/c19-16(20)9-7-14(11-4-2-1-3-5-11)18-17(21)13-10-12-6-8-15(13)22-12/h1-5,12-15H,6-10H2,(H,18,21)(H,19,20). The number of nitrogens with one attached hydrogen (secondary N) is 1. The third-order valence-corrected chi connectivity index (χ3v) is 4.61. The first-order valence-corrected chi connectivity index (χ1v) is 7.86. The quantitative estimate of drug-likeness (QED) is 0.845. The monoisotopic (exact) mass is 303 g/mol. The van der Waals surface area contributed by atoms with Gasteiger partial charge in [-0.05, 0) is 31.2 Å². The summed E-state index contributed by atoms with van der Waals surface area (Å²) < 4.78 is 5.74. The molecule has 1 aromatic rings. The summed E-state index contributed by atoms with van der Waals surface area (Å²) in [4.78, 5) is 23.4. The SMILES string of the molecule is O=C(O)CCC(NC(=O)C1CC2CCC1O2)c1ccccc1. The number of carboxylic acids is 1. The molecule has 1 amide bonds. The van der Waals surface area contributed by atoms with Gasteiger partial charge in [-0.2, -0.15) is 0 Å². The predicted molar refractivity (Wildman–Crippen MR) is 80.2 cm³/mol. The molecule has 5 heteroatoms. The average molecular weight is 303 g/mol. The summed E-state index contributed by atoms with van der Waals surface area (Å²) in [5.74, 6) is -0.945. The molecule has 2 aliphatic heterocycles. The van der Waals surface area contributed by atoms with Crippen LogP contribution < -0.4 is 5.32 Å². The molecule has 22 heavy (non-hydrogen) atoms. The van der Waals surface area contributed by atoms with Crippen LogP contribution in [0, 0.1) is 5.92 Å². The zero-order valence-corrected chi connectivity index (χ0v) is 12.4. The highest BCUT2D eigenvalue weighted by Gasteiger charge is 2.44. The lowest BCUT2D eigenvalue weighted by atomic mass is 9.88. The van der Waals surface area contributed by atoms with Gasteiger partial charge in [-0.3, -0.25) is 9.59 Å². The van der Waals surface area contributed by atoms with Gasteiger partial charge in [-0.25, -0.2) is 0 Å². The second kappa shape index (κ2) is 6.48. The predicted octanol–water partition coefficient (Wildman–Crippen LogP) is 2.28. The van der Waals surface area contributed by atoms with Crippen molar-refractivity contribution in [3.8, 4) is 0 Å². The van der Waals surface area contributed by atoms with E-state index in [4.69, 9.17) is 9.84 Å². The number of rotatable bonds is 6. The minimum absolute atomic E-state index is 0.00792. The summed E-state index contributed by atoms with van der Waals surface area (Å²) in [6.45, 7) is 0. The summed E-state index contributed by atoms with van der Waals surface area (Å²) in [6, 6.07) is 9.28. The maximum Gasteiger partial charge on any atom is 0.303 e. The zero-order valence-electron chi connectivity index (χ0n) is 12.4. The second-order valence-corrected chi connectivity index (χ2v) is 6.12. The molecule has 4 unspecified atom stereocenters. The molecule has 0 aromatic heterocycles. The minimum Gasteiger partial charge on any atom is -0.481 e. The van der Waals surface area contributed by atoms with Crippen molar-refractivity contribution in [1.29, 1.82) is 0 Å². The first-order chi connectivity index (χ1) is 10.6. The van der Waals surface area contributed by atoms with Gasteiger partial charge in [0.1, 0.15) is 0 Å². The van der Waals surface area contributed by atoms with E-state index in [1.54, 1.807) is 0 Å². The molecule has 118 valence electrons. The number of carbonyl (C=O) groups is 2. The molecule has 0 spiro atoms. The van der Waals surface area contributed by atoms with E-state index in [-0.39, 0.29) is 36.5 Å². The van der Waals surface area contributed by atoms with Crippen LogP contribution in [0.1, 0.15) is 43.7 Å². The topological polar surface area (TPSA) is 75.6 Å². The number of hydrogen-bond donors (Lipinski definition) is 2. The molecule has 0 radical (unpaired) electrons. The molecule has 1 aromatic carbocycles. The van der Waals surface area contributed by atoms with E-state index in [9.17, 15) is 9.59 Å². The molecule has 2 fully saturated rings. The van der Waals surface area contributed by atoms with Gasteiger partial charge >= 0.3 is 5.97 Å². The zero-order chi connectivity index (χ0) is 15.5. The van der Waals surface area contributed by atoms with Crippen molar-refractivity contribution in [3.05, 3.63) is 35.9 Å². The molecule has 0 saturated carbocycles. The number of amides is 1. The number of fused-ring (bicyclic) bond motifs is 2. The van der Waals surface area contributed by atoms with Crippen molar-refractivity contribution in [3.63, 3.8) is 0 Å². The Morgan fingerprint density at radius 2 is 2.05 bits per heavy atom. The molecule has 4 atom stereocenters. The normalized spacial score (nSPS) is 27.5. The van der Waals surface area contributed by atoms with Gasteiger partial charge in [-0.15, -0.1) is 0 Å². The Morgan fingerprint density at radius 3 is 2.64 bits per heavy atom. The summed E-state index contributed by atoms with van der Waals surface area (Å²) in [6.07, 6.45) is 3.50. The lowest BCUT2D eigenvalue weighted by Crippen LogP contribution is -2.38. The van der Waals surface area contributed by atoms with E-state index in [1.807, 2.05) is 30.3 Å². The van der Waals surface area contributed by atoms with Crippen LogP contribution in [0.5, 0.6) is 0 Å². The lowest BCUT2D eigenvalue weighted by Gasteiger charge is -2.23. The highest BCUT2D eigenvalue weighted by molar-refractivity contribution is 5.80. The van der Waals surface area contributed by atoms with Crippen molar-refractivity contribution >= 4 is 11.9 Å².